The molecule has 0 saturated carbocycles. The normalized spacial score (nSPS) is 11.9. The van der Waals surface area contributed by atoms with Crippen LogP contribution >= 0.6 is 11.6 Å². The van der Waals surface area contributed by atoms with Crippen LogP contribution in [0.15, 0.2) is 64.2 Å². The maximum Gasteiger partial charge on any atom is 0.136 e. The molecule has 0 atom stereocenters. The highest BCUT2D eigenvalue weighted by Crippen LogP contribution is 2.23. The van der Waals surface area contributed by atoms with Gasteiger partial charge in [0.05, 0.1) is 0 Å². The molecule has 0 amide bonds. The Labute approximate surface area is 114 Å². The first-order chi connectivity index (χ1) is 9.28. The molecule has 19 heavy (non-hydrogen) atoms. The molecule has 4 heteroatoms. The predicted molar refractivity (Wildman–Crippen MR) is 74.0 cm³/mol. The van der Waals surface area contributed by atoms with Crippen LogP contribution in [0.4, 0.5) is 0 Å². The van der Waals surface area contributed by atoms with Crippen molar-refractivity contribution in [2.24, 2.45) is 5.16 Å². The minimum Gasteiger partial charge on any atom is -0.456 e. The number of rotatable bonds is 1. The highest BCUT2D eigenvalue weighted by molar-refractivity contribution is 6.30. The molecule has 0 aliphatic heterocycles. The van der Waals surface area contributed by atoms with Gasteiger partial charge in [-0.15, -0.1) is 0 Å². The molecule has 1 heterocycles. The number of hydrogen-bond donors (Lipinski definition) is 1. The van der Waals surface area contributed by atoms with E-state index in [-0.39, 0.29) is 0 Å². The van der Waals surface area contributed by atoms with E-state index in [1.165, 1.54) is 0 Å². The van der Waals surface area contributed by atoms with Crippen molar-refractivity contribution in [3.8, 4) is 11.3 Å². The standard InChI is InChI=1S/C15H10ClNO2/c16-11-7-5-10(6-8-11)15-9-13(17-18)12-3-1-2-4-14(12)19-15/h1-9,18H. The Balaban J connectivity index is 2.28. The van der Waals surface area contributed by atoms with Gasteiger partial charge < -0.3 is 9.62 Å². The summed E-state index contributed by atoms with van der Waals surface area (Å²) in [6.45, 7) is 0. The maximum absolute atomic E-state index is 9.11. The number of para-hydroxylation sites is 1. The van der Waals surface area contributed by atoms with E-state index in [0.29, 0.717) is 21.7 Å². The summed E-state index contributed by atoms with van der Waals surface area (Å²) in [5, 5.41) is 14.3. The third-order valence-electron chi connectivity index (χ3n) is 2.89. The molecule has 0 unspecified atom stereocenters. The summed E-state index contributed by atoms with van der Waals surface area (Å²) in [4.78, 5) is 0. The molecule has 0 bridgehead atoms. The summed E-state index contributed by atoms with van der Waals surface area (Å²) in [6.07, 6.45) is 0. The van der Waals surface area contributed by atoms with Gasteiger partial charge in [0.2, 0.25) is 0 Å². The SMILES string of the molecule is ON=c1cc(-c2ccc(Cl)cc2)oc2ccccc12. The molecule has 94 valence electrons. The second-order valence-electron chi connectivity index (χ2n) is 4.10. The fraction of sp³-hybridized carbons (Fsp3) is 0. The van der Waals surface area contributed by atoms with Gasteiger partial charge in [-0.3, -0.25) is 0 Å². The molecule has 1 aromatic heterocycles. The third-order valence-corrected chi connectivity index (χ3v) is 3.14. The molecule has 0 spiro atoms. The molecule has 3 nitrogen and oxygen atoms in total. The zero-order chi connectivity index (χ0) is 13.2. The van der Waals surface area contributed by atoms with Gasteiger partial charge >= 0.3 is 0 Å². The molecule has 0 saturated heterocycles. The summed E-state index contributed by atoms with van der Waals surface area (Å²) in [5.41, 5.74) is 1.54. The fourth-order valence-electron chi connectivity index (χ4n) is 1.96. The van der Waals surface area contributed by atoms with E-state index in [0.717, 1.165) is 10.9 Å². The van der Waals surface area contributed by atoms with Gasteiger partial charge in [0.1, 0.15) is 16.7 Å². The monoisotopic (exact) mass is 271 g/mol. The summed E-state index contributed by atoms with van der Waals surface area (Å²) in [7, 11) is 0. The third kappa shape index (κ3) is 2.20. The second-order valence-corrected chi connectivity index (χ2v) is 4.54. The molecular weight excluding hydrogens is 262 g/mol. The quantitative estimate of drug-likeness (QED) is 0.536. The van der Waals surface area contributed by atoms with Crippen LogP contribution in [0.1, 0.15) is 0 Å². The molecule has 0 aliphatic carbocycles. The van der Waals surface area contributed by atoms with Crippen LogP contribution in [0.5, 0.6) is 0 Å². The van der Waals surface area contributed by atoms with Gasteiger partial charge in [-0.25, -0.2) is 0 Å². The summed E-state index contributed by atoms with van der Waals surface area (Å²) >= 11 is 5.86. The highest BCUT2D eigenvalue weighted by Gasteiger charge is 2.05. The number of halogens is 1. The first kappa shape index (κ1) is 11.8. The van der Waals surface area contributed by atoms with Gasteiger partial charge in [-0.2, -0.15) is 0 Å². The fourth-order valence-corrected chi connectivity index (χ4v) is 2.08. The zero-order valence-corrected chi connectivity index (χ0v) is 10.6. The van der Waals surface area contributed by atoms with Crippen LogP contribution in [0.3, 0.4) is 0 Å². The maximum atomic E-state index is 9.11. The number of nitrogens with zero attached hydrogens (tertiary/aromatic N) is 1. The lowest BCUT2D eigenvalue weighted by molar-refractivity contribution is 0.302. The van der Waals surface area contributed by atoms with Crippen LogP contribution in [-0.4, -0.2) is 5.21 Å². The number of hydrogen-bond acceptors (Lipinski definition) is 3. The van der Waals surface area contributed by atoms with Crippen LogP contribution in [0.2, 0.25) is 5.02 Å². The minimum absolute atomic E-state index is 0.479. The Kier molecular flexibility index (Phi) is 2.97. The Morgan fingerprint density at radius 3 is 2.47 bits per heavy atom. The van der Waals surface area contributed by atoms with Crippen molar-refractivity contribution in [3.63, 3.8) is 0 Å². The number of benzene rings is 2. The summed E-state index contributed by atoms with van der Waals surface area (Å²) < 4.78 is 5.82. The van der Waals surface area contributed by atoms with Crippen molar-refractivity contribution in [3.05, 3.63) is 65.0 Å². The second kappa shape index (κ2) is 4.78. The summed E-state index contributed by atoms with van der Waals surface area (Å²) in [6, 6.07) is 16.4. The molecule has 0 aliphatic rings. The lowest BCUT2D eigenvalue weighted by Crippen LogP contribution is -2.02. The van der Waals surface area contributed by atoms with Crippen molar-refractivity contribution in [1.82, 2.24) is 0 Å². The lowest BCUT2D eigenvalue weighted by atomic mass is 10.1. The smallest absolute Gasteiger partial charge is 0.136 e. The summed E-state index contributed by atoms with van der Waals surface area (Å²) in [5.74, 6) is 0.628. The van der Waals surface area contributed by atoms with E-state index in [9.17, 15) is 0 Å². The van der Waals surface area contributed by atoms with Crippen LogP contribution in [0, 0.1) is 0 Å². The number of fused-ring (bicyclic) bond motifs is 1. The largest absolute Gasteiger partial charge is 0.456 e. The zero-order valence-electron chi connectivity index (χ0n) is 9.88. The van der Waals surface area contributed by atoms with Crippen molar-refractivity contribution >= 4 is 22.6 Å². The Morgan fingerprint density at radius 1 is 1.00 bits per heavy atom. The lowest BCUT2D eigenvalue weighted by Gasteiger charge is -2.04. The molecule has 2 aromatic carbocycles. The first-order valence-corrected chi connectivity index (χ1v) is 6.12. The van der Waals surface area contributed by atoms with Gasteiger partial charge in [0.15, 0.2) is 0 Å². The van der Waals surface area contributed by atoms with Gasteiger partial charge in [0, 0.05) is 22.0 Å². The van der Waals surface area contributed by atoms with Crippen molar-refractivity contribution in [2.75, 3.05) is 0 Å². The molecule has 1 N–H and O–H groups in total. The molecule has 0 radical (unpaired) electrons. The Hall–Kier alpha value is -2.26. The van der Waals surface area contributed by atoms with E-state index in [2.05, 4.69) is 5.16 Å². The molecular formula is C15H10ClNO2. The van der Waals surface area contributed by atoms with Crippen molar-refractivity contribution < 1.29 is 9.62 Å². The minimum atomic E-state index is 0.479. The average Bonchev–Trinajstić information content (AvgIpc) is 2.47. The van der Waals surface area contributed by atoms with E-state index < -0.39 is 0 Å². The van der Waals surface area contributed by atoms with Gasteiger partial charge in [-0.05, 0) is 36.4 Å². The van der Waals surface area contributed by atoms with Crippen molar-refractivity contribution in [1.29, 1.82) is 0 Å². The predicted octanol–water partition coefficient (Wildman–Crippen LogP) is 4.04. The van der Waals surface area contributed by atoms with Gasteiger partial charge in [-0.1, -0.05) is 28.9 Å². The molecule has 0 fully saturated rings. The Morgan fingerprint density at radius 2 is 1.74 bits per heavy atom. The van der Waals surface area contributed by atoms with Crippen LogP contribution in [0.25, 0.3) is 22.3 Å². The van der Waals surface area contributed by atoms with Crippen LogP contribution in [-0.2, 0) is 0 Å². The van der Waals surface area contributed by atoms with E-state index in [4.69, 9.17) is 21.2 Å². The van der Waals surface area contributed by atoms with Crippen LogP contribution < -0.4 is 5.36 Å². The van der Waals surface area contributed by atoms with E-state index in [1.807, 2.05) is 36.4 Å². The van der Waals surface area contributed by atoms with E-state index in [1.54, 1.807) is 18.2 Å². The van der Waals surface area contributed by atoms with E-state index >= 15 is 0 Å². The average molecular weight is 272 g/mol. The topological polar surface area (TPSA) is 45.7 Å². The Bertz CT molecular complexity index is 791. The molecule has 3 aromatic rings. The van der Waals surface area contributed by atoms with Gasteiger partial charge in [0.25, 0.3) is 0 Å². The molecule has 3 rings (SSSR count). The highest BCUT2D eigenvalue weighted by atomic mass is 35.5. The first-order valence-electron chi connectivity index (χ1n) is 5.75. The van der Waals surface area contributed by atoms with Crippen molar-refractivity contribution in [2.45, 2.75) is 0 Å².